The number of rotatable bonds is 7. The second kappa shape index (κ2) is 7.69. The number of allylic oxidation sites excluding steroid dienone is 2. The van der Waals surface area contributed by atoms with Crippen molar-refractivity contribution in [1.82, 2.24) is 0 Å². The van der Waals surface area contributed by atoms with Crippen LogP contribution in [-0.2, 0) is 11.3 Å². The van der Waals surface area contributed by atoms with Gasteiger partial charge in [0.25, 0.3) is 0 Å². The molecule has 2 heteroatoms. The summed E-state index contributed by atoms with van der Waals surface area (Å²) in [5, 5.41) is 0. The van der Waals surface area contributed by atoms with Crippen molar-refractivity contribution < 1.29 is 9.47 Å². The first-order valence-electron chi connectivity index (χ1n) is 5.76. The molecule has 0 amide bonds. The average molecular weight is 232 g/mol. The molecule has 0 fully saturated rings. The minimum Gasteiger partial charge on any atom is -0.497 e. The van der Waals surface area contributed by atoms with Gasteiger partial charge >= 0.3 is 0 Å². The molecular formula is C15H20O2. The van der Waals surface area contributed by atoms with Gasteiger partial charge in [0.1, 0.15) is 5.75 Å². The third-order valence-corrected chi connectivity index (χ3v) is 2.38. The Morgan fingerprint density at radius 1 is 1.29 bits per heavy atom. The lowest BCUT2D eigenvalue weighted by Gasteiger charge is -2.08. The van der Waals surface area contributed by atoms with Crippen LogP contribution in [0.5, 0.6) is 5.75 Å². The highest BCUT2D eigenvalue weighted by Gasteiger charge is 1.98. The molecule has 1 atom stereocenters. The van der Waals surface area contributed by atoms with E-state index < -0.39 is 0 Å². The van der Waals surface area contributed by atoms with E-state index in [1.54, 1.807) is 13.2 Å². The van der Waals surface area contributed by atoms with Crippen molar-refractivity contribution in [3.05, 3.63) is 54.6 Å². The van der Waals surface area contributed by atoms with Crippen molar-refractivity contribution in [3.63, 3.8) is 0 Å². The van der Waals surface area contributed by atoms with Crippen LogP contribution in [0.1, 0.15) is 12.5 Å². The Morgan fingerprint density at radius 3 is 2.59 bits per heavy atom. The molecule has 0 bridgehead atoms. The summed E-state index contributed by atoms with van der Waals surface area (Å²) in [6, 6.07) is 7.92. The van der Waals surface area contributed by atoms with Crippen LogP contribution in [0.2, 0.25) is 0 Å². The zero-order valence-corrected chi connectivity index (χ0v) is 10.6. The highest BCUT2D eigenvalue weighted by atomic mass is 16.5. The predicted molar refractivity (Wildman–Crippen MR) is 71.2 cm³/mol. The summed E-state index contributed by atoms with van der Waals surface area (Å²) in [5.74, 6) is 1.28. The van der Waals surface area contributed by atoms with Crippen LogP contribution in [0.3, 0.4) is 0 Å². The van der Waals surface area contributed by atoms with Gasteiger partial charge in [-0.05, 0) is 23.6 Å². The molecule has 0 aliphatic rings. The van der Waals surface area contributed by atoms with Gasteiger partial charge in [0, 0.05) is 0 Å². The van der Waals surface area contributed by atoms with Crippen LogP contribution in [0.4, 0.5) is 0 Å². The van der Waals surface area contributed by atoms with E-state index in [0.717, 1.165) is 17.9 Å². The fourth-order valence-corrected chi connectivity index (χ4v) is 1.41. The molecule has 17 heavy (non-hydrogen) atoms. The van der Waals surface area contributed by atoms with Crippen LogP contribution in [-0.4, -0.2) is 13.7 Å². The lowest BCUT2D eigenvalue weighted by atomic mass is 10.2. The van der Waals surface area contributed by atoms with E-state index in [9.17, 15) is 0 Å². The maximum absolute atomic E-state index is 5.63. The predicted octanol–water partition coefficient (Wildman–Crippen LogP) is 3.59. The van der Waals surface area contributed by atoms with E-state index in [1.807, 2.05) is 30.3 Å². The molecule has 0 N–H and O–H groups in total. The molecule has 0 saturated carbocycles. The highest BCUT2D eigenvalue weighted by molar-refractivity contribution is 5.26. The molecule has 0 heterocycles. The van der Waals surface area contributed by atoms with E-state index in [1.165, 1.54) is 0 Å². The SMILES string of the molecule is C=C/C=C\[C@H](C)COCc1ccc(OC)cc1. The van der Waals surface area contributed by atoms with E-state index in [2.05, 4.69) is 19.6 Å². The maximum Gasteiger partial charge on any atom is 0.118 e. The fourth-order valence-electron chi connectivity index (χ4n) is 1.41. The van der Waals surface area contributed by atoms with Crippen LogP contribution in [0, 0.1) is 5.92 Å². The second-order valence-corrected chi connectivity index (χ2v) is 3.96. The van der Waals surface area contributed by atoms with Gasteiger partial charge in [0.05, 0.1) is 20.3 Å². The number of hydrogen-bond acceptors (Lipinski definition) is 2. The normalized spacial score (nSPS) is 12.6. The average Bonchev–Trinajstić information content (AvgIpc) is 2.37. The Bertz CT molecular complexity index is 352. The molecule has 0 saturated heterocycles. The Kier molecular flexibility index (Phi) is 6.12. The number of hydrogen-bond donors (Lipinski definition) is 0. The van der Waals surface area contributed by atoms with E-state index >= 15 is 0 Å². The summed E-state index contributed by atoms with van der Waals surface area (Å²) in [4.78, 5) is 0. The Balaban J connectivity index is 2.30. The largest absolute Gasteiger partial charge is 0.497 e. The molecule has 1 aromatic carbocycles. The molecule has 2 nitrogen and oxygen atoms in total. The third-order valence-electron chi connectivity index (χ3n) is 2.38. The summed E-state index contributed by atoms with van der Waals surface area (Å²) in [6.45, 7) is 7.11. The molecule has 0 aromatic heterocycles. The molecule has 1 aromatic rings. The van der Waals surface area contributed by atoms with Crippen LogP contribution >= 0.6 is 0 Å². The summed E-state index contributed by atoms with van der Waals surface area (Å²) in [7, 11) is 1.67. The van der Waals surface area contributed by atoms with E-state index in [0.29, 0.717) is 12.5 Å². The van der Waals surface area contributed by atoms with Gasteiger partial charge < -0.3 is 9.47 Å². The molecule has 0 aliphatic heterocycles. The van der Waals surface area contributed by atoms with Gasteiger partial charge in [0.2, 0.25) is 0 Å². The zero-order chi connectivity index (χ0) is 12.5. The number of ether oxygens (including phenoxy) is 2. The van der Waals surface area contributed by atoms with Crippen molar-refractivity contribution >= 4 is 0 Å². The quantitative estimate of drug-likeness (QED) is 0.669. The first kappa shape index (κ1) is 13.5. The number of benzene rings is 1. The first-order valence-corrected chi connectivity index (χ1v) is 5.76. The lowest BCUT2D eigenvalue weighted by molar-refractivity contribution is 0.104. The molecule has 1 rings (SSSR count). The molecule has 0 radical (unpaired) electrons. The van der Waals surface area contributed by atoms with Crippen LogP contribution < -0.4 is 4.74 Å². The monoisotopic (exact) mass is 232 g/mol. The van der Waals surface area contributed by atoms with Crippen LogP contribution in [0.25, 0.3) is 0 Å². The summed E-state index contributed by atoms with van der Waals surface area (Å²) in [5.41, 5.74) is 1.16. The smallest absolute Gasteiger partial charge is 0.118 e. The van der Waals surface area contributed by atoms with E-state index in [4.69, 9.17) is 9.47 Å². The third kappa shape index (κ3) is 5.36. The van der Waals surface area contributed by atoms with Crippen molar-refractivity contribution in [2.45, 2.75) is 13.5 Å². The molecule has 92 valence electrons. The van der Waals surface area contributed by atoms with Gasteiger partial charge in [-0.2, -0.15) is 0 Å². The minimum absolute atomic E-state index is 0.409. The fraction of sp³-hybridized carbons (Fsp3) is 0.333. The Hall–Kier alpha value is -1.54. The van der Waals surface area contributed by atoms with E-state index in [-0.39, 0.29) is 0 Å². The summed E-state index contributed by atoms with van der Waals surface area (Å²) < 4.78 is 10.7. The maximum atomic E-state index is 5.63. The highest BCUT2D eigenvalue weighted by Crippen LogP contribution is 2.12. The van der Waals surface area contributed by atoms with Gasteiger partial charge in [-0.3, -0.25) is 0 Å². The Morgan fingerprint density at radius 2 is 2.00 bits per heavy atom. The molecule has 0 spiro atoms. The molecule has 0 unspecified atom stereocenters. The second-order valence-electron chi connectivity index (χ2n) is 3.96. The first-order chi connectivity index (χ1) is 8.26. The van der Waals surface area contributed by atoms with Gasteiger partial charge in [0.15, 0.2) is 0 Å². The summed E-state index contributed by atoms with van der Waals surface area (Å²) in [6.07, 6.45) is 5.81. The minimum atomic E-state index is 0.409. The van der Waals surface area contributed by atoms with Crippen LogP contribution in [0.15, 0.2) is 49.1 Å². The van der Waals surface area contributed by atoms with Gasteiger partial charge in [-0.1, -0.05) is 43.9 Å². The number of methoxy groups -OCH3 is 1. The molecular weight excluding hydrogens is 212 g/mol. The van der Waals surface area contributed by atoms with Gasteiger partial charge in [-0.15, -0.1) is 0 Å². The van der Waals surface area contributed by atoms with Crippen molar-refractivity contribution in [2.75, 3.05) is 13.7 Å². The summed E-state index contributed by atoms with van der Waals surface area (Å²) >= 11 is 0. The van der Waals surface area contributed by atoms with Crippen molar-refractivity contribution in [2.24, 2.45) is 5.92 Å². The standard InChI is InChI=1S/C15H20O2/c1-4-5-6-13(2)11-17-12-14-7-9-15(16-3)10-8-14/h4-10,13H,1,11-12H2,2-3H3/b6-5-/t13-/m0/s1. The van der Waals surface area contributed by atoms with Gasteiger partial charge in [-0.25, -0.2) is 0 Å². The van der Waals surface area contributed by atoms with Crippen molar-refractivity contribution in [1.29, 1.82) is 0 Å². The Labute approximate surface area is 104 Å². The zero-order valence-electron chi connectivity index (χ0n) is 10.6. The topological polar surface area (TPSA) is 18.5 Å². The van der Waals surface area contributed by atoms with Crippen molar-refractivity contribution in [3.8, 4) is 5.75 Å². The molecule has 0 aliphatic carbocycles. The lowest BCUT2D eigenvalue weighted by Crippen LogP contribution is -2.03.